The molecule has 0 aromatic carbocycles. The van der Waals surface area contributed by atoms with Gasteiger partial charge in [0.25, 0.3) is 0 Å². The van der Waals surface area contributed by atoms with E-state index in [0.29, 0.717) is 11.4 Å². The SMILES string of the molecule is Cc1nnc(Oc2cnccc2C(=O)O)nc1C. The van der Waals surface area contributed by atoms with Crippen molar-refractivity contribution in [2.45, 2.75) is 13.8 Å². The molecule has 0 saturated heterocycles. The minimum absolute atomic E-state index is 0.00593. The van der Waals surface area contributed by atoms with Crippen LogP contribution in [0.25, 0.3) is 0 Å². The van der Waals surface area contributed by atoms with E-state index in [1.165, 1.54) is 18.5 Å². The van der Waals surface area contributed by atoms with Gasteiger partial charge >= 0.3 is 12.0 Å². The molecule has 18 heavy (non-hydrogen) atoms. The summed E-state index contributed by atoms with van der Waals surface area (Å²) in [6.45, 7) is 3.53. The molecule has 0 aliphatic carbocycles. The van der Waals surface area contributed by atoms with Crippen molar-refractivity contribution in [1.82, 2.24) is 20.2 Å². The first kappa shape index (κ1) is 11.9. The Morgan fingerprint density at radius 3 is 2.72 bits per heavy atom. The molecule has 2 aromatic rings. The quantitative estimate of drug-likeness (QED) is 0.873. The maximum Gasteiger partial charge on any atom is 0.341 e. The van der Waals surface area contributed by atoms with Crippen molar-refractivity contribution in [1.29, 1.82) is 0 Å². The molecule has 0 aliphatic heterocycles. The van der Waals surface area contributed by atoms with Gasteiger partial charge in [-0.2, -0.15) is 4.98 Å². The summed E-state index contributed by atoms with van der Waals surface area (Å²) in [6, 6.07) is 1.33. The second-order valence-electron chi connectivity index (χ2n) is 3.54. The third-order valence-corrected chi connectivity index (χ3v) is 2.29. The topological polar surface area (TPSA) is 98.1 Å². The minimum Gasteiger partial charge on any atom is -0.478 e. The van der Waals surface area contributed by atoms with Gasteiger partial charge in [-0.15, -0.1) is 5.10 Å². The highest BCUT2D eigenvalue weighted by atomic mass is 16.5. The number of ether oxygens (including phenoxy) is 1. The Kier molecular flexibility index (Phi) is 3.13. The van der Waals surface area contributed by atoms with E-state index < -0.39 is 5.97 Å². The number of carboxylic acids is 1. The number of aryl methyl sites for hydroxylation is 2. The molecule has 0 amide bonds. The number of hydrogen-bond donors (Lipinski definition) is 1. The lowest BCUT2D eigenvalue weighted by atomic mass is 10.2. The number of rotatable bonds is 3. The van der Waals surface area contributed by atoms with Crippen molar-refractivity contribution in [2.75, 3.05) is 0 Å². The second-order valence-corrected chi connectivity index (χ2v) is 3.54. The summed E-state index contributed by atoms with van der Waals surface area (Å²) < 4.78 is 5.28. The van der Waals surface area contributed by atoms with Gasteiger partial charge in [0.2, 0.25) is 0 Å². The summed E-state index contributed by atoms with van der Waals surface area (Å²) in [5.74, 6) is -1.03. The Morgan fingerprint density at radius 2 is 2.06 bits per heavy atom. The molecule has 0 fully saturated rings. The van der Waals surface area contributed by atoms with Gasteiger partial charge in [0.1, 0.15) is 5.56 Å². The third-order valence-electron chi connectivity index (χ3n) is 2.29. The van der Waals surface area contributed by atoms with Crippen LogP contribution in [0.15, 0.2) is 18.5 Å². The molecule has 0 aliphatic rings. The van der Waals surface area contributed by atoms with E-state index in [2.05, 4.69) is 20.2 Å². The fourth-order valence-electron chi connectivity index (χ4n) is 1.22. The molecule has 1 N–H and O–H groups in total. The van der Waals surface area contributed by atoms with Gasteiger partial charge in [-0.05, 0) is 19.9 Å². The zero-order valence-electron chi connectivity index (χ0n) is 9.78. The van der Waals surface area contributed by atoms with Gasteiger partial charge in [0, 0.05) is 6.20 Å². The lowest BCUT2D eigenvalue weighted by molar-refractivity contribution is 0.0694. The molecule has 0 radical (unpaired) electrons. The molecular formula is C11H10N4O3. The van der Waals surface area contributed by atoms with E-state index in [-0.39, 0.29) is 17.3 Å². The van der Waals surface area contributed by atoms with Crippen LogP contribution >= 0.6 is 0 Å². The predicted molar refractivity (Wildman–Crippen MR) is 60.6 cm³/mol. The minimum atomic E-state index is -1.11. The Labute approximate surface area is 102 Å². The van der Waals surface area contributed by atoms with Gasteiger partial charge in [0.15, 0.2) is 5.75 Å². The molecule has 7 nitrogen and oxygen atoms in total. The summed E-state index contributed by atoms with van der Waals surface area (Å²) >= 11 is 0. The van der Waals surface area contributed by atoms with Crippen LogP contribution in [0, 0.1) is 13.8 Å². The van der Waals surface area contributed by atoms with Crippen molar-refractivity contribution in [3.05, 3.63) is 35.4 Å². The van der Waals surface area contributed by atoms with Crippen molar-refractivity contribution >= 4 is 5.97 Å². The maximum absolute atomic E-state index is 11.0. The number of aromatic carboxylic acids is 1. The highest BCUT2D eigenvalue weighted by Gasteiger charge is 2.13. The van der Waals surface area contributed by atoms with Crippen molar-refractivity contribution in [3.63, 3.8) is 0 Å². The molecular weight excluding hydrogens is 236 g/mol. The number of aromatic nitrogens is 4. The van der Waals surface area contributed by atoms with E-state index >= 15 is 0 Å². The highest BCUT2D eigenvalue weighted by molar-refractivity contribution is 5.90. The summed E-state index contributed by atoms with van der Waals surface area (Å²) in [5.41, 5.74) is 1.35. The Balaban J connectivity index is 2.34. The second kappa shape index (κ2) is 4.74. The normalized spacial score (nSPS) is 10.1. The lowest BCUT2D eigenvalue weighted by Gasteiger charge is -2.06. The molecule has 7 heteroatoms. The highest BCUT2D eigenvalue weighted by Crippen LogP contribution is 2.21. The van der Waals surface area contributed by atoms with Crippen LogP contribution in [0.5, 0.6) is 11.8 Å². The van der Waals surface area contributed by atoms with E-state index in [1.54, 1.807) is 13.8 Å². The van der Waals surface area contributed by atoms with Crippen LogP contribution in [-0.4, -0.2) is 31.2 Å². The lowest BCUT2D eigenvalue weighted by Crippen LogP contribution is -2.04. The zero-order chi connectivity index (χ0) is 13.1. The number of pyridine rings is 1. The van der Waals surface area contributed by atoms with Gasteiger partial charge < -0.3 is 9.84 Å². The number of carboxylic acid groups (broad SMARTS) is 1. The first-order chi connectivity index (χ1) is 8.58. The van der Waals surface area contributed by atoms with E-state index in [9.17, 15) is 4.79 Å². The van der Waals surface area contributed by atoms with Crippen LogP contribution in [0.4, 0.5) is 0 Å². The average Bonchev–Trinajstić information content (AvgIpc) is 2.34. The number of nitrogens with zero attached hydrogens (tertiary/aromatic N) is 4. The maximum atomic E-state index is 11.0. The molecule has 0 unspecified atom stereocenters. The largest absolute Gasteiger partial charge is 0.478 e. The Bertz CT molecular complexity index is 601. The fourth-order valence-corrected chi connectivity index (χ4v) is 1.22. The molecule has 0 spiro atoms. The van der Waals surface area contributed by atoms with Crippen LogP contribution in [0.1, 0.15) is 21.7 Å². The van der Waals surface area contributed by atoms with Crippen LogP contribution in [0.2, 0.25) is 0 Å². The Hall–Kier alpha value is -2.57. The number of hydrogen-bond acceptors (Lipinski definition) is 6. The fraction of sp³-hybridized carbons (Fsp3) is 0.182. The summed E-state index contributed by atoms with van der Waals surface area (Å²) in [4.78, 5) is 18.8. The van der Waals surface area contributed by atoms with Gasteiger partial charge in [0.05, 0.1) is 17.6 Å². The summed E-state index contributed by atoms with van der Waals surface area (Å²) in [5, 5.41) is 16.6. The average molecular weight is 246 g/mol. The van der Waals surface area contributed by atoms with Crippen molar-refractivity contribution in [3.8, 4) is 11.8 Å². The third kappa shape index (κ3) is 2.40. The predicted octanol–water partition coefficient (Wildman–Crippen LogP) is 1.37. The summed E-state index contributed by atoms with van der Waals surface area (Å²) in [6.07, 6.45) is 2.66. The first-order valence-corrected chi connectivity index (χ1v) is 5.11. The summed E-state index contributed by atoms with van der Waals surface area (Å²) in [7, 11) is 0. The van der Waals surface area contributed by atoms with Crippen LogP contribution < -0.4 is 4.74 Å². The standard InChI is InChI=1S/C11H10N4O3/c1-6-7(2)14-15-11(13-6)18-9-5-12-4-3-8(9)10(16)17/h3-5H,1-2H3,(H,16,17). The molecule has 2 aromatic heterocycles. The molecule has 0 saturated carbocycles. The first-order valence-electron chi connectivity index (χ1n) is 5.11. The van der Waals surface area contributed by atoms with Gasteiger partial charge in [-0.25, -0.2) is 4.79 Å². The van der Waals surface area contributed by atoms with Crippen molar-refractivity contribution in [2.24, 2.45) is 0 Å². The molecule has 0 atom stereocenters. The van der Waals surface area contributed by atoms with Crippen LogP contribution in [-0.2, 0) is 0 Å². The monoisotopic (exact) mass is 246 g/mol. The zero-order valence-corrected chi connectivity index (χ0v) is 9.78. The van der Waals surface area contributed by atoms with Crippen molar-refractivity contribution < 1.29 is 14.6 Å². The molecule has 2 heterocycles. The van der Waals surface area contributed by atoms with Crippen LogP contribution in [0.3, 0.4) is 0 Å². The van der Waals surface area contributed by atoms with Gasteiger partial charge in [-0.1, -0.05) is 5.10 Å². The molecule has 92 valence electrons. The van der Waals surface area contributed by atoms with E-state index in [1.807, 2.05) is 0 Å². The Morgan fingerprint density at radius 1 is 1.28 bits per heavy atom. The van der Waals surface area contributed by atoms with E-state index in [0.717, 1.165) is 0 Å². The number of carbonyl (C=O) groups is 1. The van der Waals surface area contributed by atoms with E-state index in [4.69, 9.17) is 9.84 Å². The molecule has 2 rings (SSSR count). The molecule has 0 bridgehead atoms. The smallest absolute Gasteiger partial charge is 0.341 e. The van der Waals surface area contributed by atoms with Gasteiger partial charge in [-0.3, -0.25) is 4.98 Å².